The molecule has 1 aliphatic rings. The van der Waals surface area contributed by atoms with Crippen molar-refractivity contribution in [2.75, 3.05) is 0 Å². The molecule has 1 aliphatic heterocycles. The van der Waals surface area contributed by atoms with Gasteiger partial charge >= 0.3 is 5.97 Å². The molecule has 0 saturated heterocycles. The number of fused-ring (bicyclic) bond motifs is 1. The van der Waals surface area contributed by atoms with Gasteiger partial charge < -0.3 is 14.6 Å². The lowest BCUT2D eigenvalue weighted by atomic mass is 10.2. The van der Waals surface area contributed by atoms with Crippen molar-refractivity contribution >= 4 is 21.9 Å². The number of carbonyl (C=O) groups is 1. The molecule has 0 bridgehead atoms. The normalized spacial score (nSPS) is 19.1. The minimum Gasteiger partial charge on any atom is -0.481 e. The van der Waals surface area contributed by atoms with Crippen molar-refractivity contribution in [3.63, 3.8) is 0 Å². The van der Waals surface area contributed by atoms with Crippen molar-refractivity contribution in [3.05, 3.63) is 28.2 Å². The first-order valence-corrected chi connectivity index (χ1v) is 5.23. The zero-order valence-corrected chi connectivity index (χ0v) is 9.36. The Balaban J connectivity index is 2.13. The molecule has 1 N–H and O–H groups in total. The summed E-state index contributed by atoms with van der Waals surface area (Å²) in [6, 6.07) is 5.55. The monoisotopic (exact) mass is 272 g/mol. The summed E-state index contributed by atoms with van der Waals surface area (Å²) in [7, 11) is 0. The van der Waals surface area contributed by atoms with E-state index in [9.17, 15) is 4.79 Å². The molecular formula is C10H9BrO4. The zero-order valence-electron chi connectivity index (χ0n) is 7.77. The molecule has 0 amide bonds. The third kappa shape index (κ3) is 2.49. The van der Waals surface area contributed by atoms with Gasteiger partial charge in [-0.2, -0.15) is 0 Å². The van der Waals surface area contributed by atoms with E-state index in [1.807, 2.05) is 12.1 Å². The lowest BCUT2D eigenvalue weighted by Crippen LogP contribution is -2.27. The lowest BCUT2D eigenvalue weighted by Gasteiger charge is -2.25. The number of carboxylic acid groups (broad SMARTS) is 1. The molecule has 1 aromatic rings. The zero-order chi connectivity index (χ0) is 10.8. The van der Waals surface area contributed by atoms with Crippen LogP contribution < -0.4 is 4.74 Å². The number of rotatable bonds is 2. The predicted molar refractivity (Wildman–Crippen MR) is 55.6 cm³/mol. The van der Waals surface area contributed by atoms with Crippen molar-refractivity contribution < 1.29 is 19.4 Å². The van der Waals surface area contributed by atoms with Gasteiger partial charge in [-0.3, -0.25) is 4.79 Å². The molecular weight excluding hydrogens is 264 g/mol. The van der Waals surface area contributed by atoms with Crippen molar-refractivity contribution in [2.45, 2.75) is 19.3 Å². The van der Waals surface area contributed by atoms with Crippen LogP contribution in [0, 0.1) is 0 Å². The Labute approximate surface area is 94.9 Å². The van der Waals surface area contributed by atoms with Crippen LogP contribution in [0.3, 0.4) is 0 Å². The standard InChI is InChI=1S/C10H9BrO4/c11-7-1-2-8-6(3-7)5-14-10(15-8)4-9(12)13/h1-3,10H,4-5H2,(H,12,13). The lowest BCUT2D eigenvalue weighted by molar-refractivity contribution is -0.154. The molecule has 0 fully saturated rings. The predicted octanol–water partition coefficient (Wildman–Crippen LogP) is 2.16. The maximum atomic E-state index is 10.5. The van der Waals surface area contributed by atoms with Crippen LogP contribution in [-0.2, 0) is 16.1 Å². The van der Waals surface area contributed by atoms with Gasteiger partial charge in [0, 0.05) is 10.0 Å². The second-order valence-corrected chi connectivity index (χ2v) is 4.12. The van der Waals surface area contributed by atoms with Gasteiger partial charge in [0.2, 0.25) is 6.29 Å². The fourth-order valence-electron chi connectivity index (χ4n) is 1.38. The Bertz CT molecular complexity index is 391. The fourth-order valence-corrected chi connectivity index (χ4v) is 1.79. The van der Waals surface area contributed by atoms with E-state index in [0.29, 0.717) is 12.4 Å². The van der Waals surface area contributed by atoms with Crippen LogP contribution in [0.4, 0.5) is 0 Å². The van der Waals surface area contributed by atoms with Crippen molar-refractivity contribution in [1.29, 1.82) is 0 Å². The molecule has 4 nitrogen and oxygen atoms in total. The minimum absolute atomic E-state index is 0.143. The Hall–Kier alpha value is -1.07. The highest BCUT2D eigenvalue weighted by Gasteiger charge is 2.22. The molecule has 0 saturated carbocycles. The summed E-state index contributed by atoms with van der Waals surface area (Å²) in [6.07, 6.45) is -0.827. The molecule has 80 valence electrons. The molecule has 0 radical (unpaired) electrons. The largest absolute Gasteiger partial charge is 0.481 e. The average Bonchev–Trinajstić information content (AvgIpc) is 2.17. The van der Waals surface area contributed by atoms with Gasteiger partial charge in [0.05, 0.1) is 6.61 Å². The van der Waals surface area contributed by atoms with E-state index < -0.39 is 12.3 Å². The molecule has 15 heavy (non-hydrogen) atoms. The maximum Gasteiger partial charge on any atom is 0.309 e. The third-order valence-electron chi connectivity index (χ3n) is 2.05. The number of halogens is 1. The molecule has 1 aromatic carbocycles. The summed E-state index contributed by atoms with van der Waals surface area (Å²) in [5.41, 5.74) is 0.922. The fraction of sp³-hybridized carbons (Fsp3) is 0.300. The Morgan fingerprint density at radius 2 is 2.40 bits per heavy atom. The second kappa shape index (κ2) is 4.20. The Morgan fingerprint density at radius 3 is 3.13 bits per heavy atom. The van der Waals surface area contributed by atoms with Gasteiger partial charge in [-0.15, -0.1) is 0 Å². The third-order valence-corrected chi connectivity index (χ3v) is 2.54. The number of hydrogen-bond donors (Lipinski definition) is 1. The van der Waals surface area contributed by atoms with E-state index in [1.165, 1.54) is 0 Å². The molecule has 2 rings (SSSR count). The first-order valence-electron chi connectivity index (χ1n) is 4.43. The summed E-state index contributed by atoms with van der Waals surface area (Å²) >= 11 is 3.34. The van der Waals surface area contributed by atoms with Crippen LogP contribution in [-0.4, -0.2) is 17.4 Å². The highest BCUT2D eigenvalue weighted by Crippen LogP contribution is 2.29. The number of aliphatic carboxylic acids is 1. The Morgan fingerprint density at radius 1 is 1.60 bits per heavy atom. The topological polar surface area (TPSA) is 55.8 Å². The quantitative estimate of drug-likeness (QED) is 0.897. The molecule has 1 atom stereocenters. The maximum absolute atomic E-state index is 10.5. The van der Waals surface area contributed by atoms with E-state index >= 15 is 0 Å². The minimum atomic E-state index is -0.930. The van der Waals surface area contributed by atoms with Gasteiger partial charge in [-0.1, -0.05) is 15.9 Å². The number of benzene rings is 1. The summed E-state index contributed by atoms with van der Waals surface area (Å²) in [5, 5.41) is 8.59. The van der Waals surface area contributed by atoms with Crippen LogP contribution >= 0.6 is 15.9 Å². The van der Waals surface area contributed by atoms with Gasteiger partial charge in [-0.25, -0.2) is 0 Å². The number of carboxylic acids is 1. The van der Waals surface area contributed by atoms with E-state index in [2.05, 4.69) is 15.9 Å². The van der Waals surface area contributed by atoms with Crippen LogP contribution in [0.2, 0.25) is 0 Å². The smallest absolute Gasteiger partial charge is 0.309 e. The van der Waals surface area contributed by atoms with Crippen molar-refractivity contribution in [1.82, 2.24) is 0 Å². The second-order valence-electron chi connectivity index (χ2n) is 3.21. The first-order chi connectivity index (χ1) is 7.15. The molecule has 0 spiro atoms. The van der Waals surface area contributed by atoms with Gasteiger partial charge in [0.1, 0.15) is 12.2 Å². The van der Waals surface area contributed by atoms with Gasteiger partial charge in [0.25, 0.3) is 0 Å². The molecule has 0 aliphatic carbocycles. The van der Waals surface area contributed by atoms with Crippen LogP contribution in [0.1, 0.15) is 12.0 Å². The summed E-state index contributed by atoms with van der Waals surface area (Å²) < 4.78 is 11.6. The van der Waals surface area contributed by atoms with E-state index in [0.717, 1.165) is 10.0 Å². The highest BCUT2D eigenvalue weighted by molar-refractivity contribution is 9.10. The summed E-state index contributed by atoms with van der Waals surface area (Å²) in [6.45, 7) is 0.382. The van der Waals surface area contributed by atoms with Crippen LogP contribution in [0.15, 0.2) is 22.7 Å². The van der Waals surface area contributed by atoms with Crippen LogP contribution in [0.5, 0.6) is 5.75 Å². The SMILES string of the molecule is O=C(O)CC1OCc2cc(Br)ccc2O1. The van der Waals surface area contributed by atoms with Gasteiger partial charge in [0.15, 0.2) is 0 Å². The first kappa shape index (κ1) is 10.4. The molecule has 5 heteroatoms. The molecule has 0 aromatic heterocycles. The van der Waals surface area contributed by atoms with E-state index in [4.69, 9.17) is 14.6 Å². The van der Waals surface area contributed by atoms with E-state index in [-0.39, 0.29) is 6.42 Å². The number of ether oxygens (including phenoxy) is 2. The Kier molecular flexibility index (Phi) is 2.93. The van der Waals surface area contributed by atoms with Gasteiger partial charge in [-0.05, 0) is 18.2 Å². The van der Waals surface area contributed by atoms with Crippen molar-refractivity contribution in [3.8, 4) is 5.75 Å². The molecule has 1 unspecified atom stereocenters. The highest BCUT2D eigenvalue weighted by atomic mass is 79.9. The summed E-state index contributed by atoms with van der Waals surface area (Å²) in [4.78, 5) is 10.5. The van der Waals surface area contributed by atoms with Crippen molar-refractivity contribution in [2.24, 2.45) is 0 Å². The van der Waals surface area contributed by atoms with E-state index in [1.54, 1.807) is 6.07 Å². The molecule has 1 heterocycles. The summed E-state index contributed by atoms with van der Waals surface area (Å²) in [5.74, 6) is -0.240. The van der Waals surface area contributed by atoms with Crippen LogP contribution in [0.25, 0.3) is 0 Å². The average molecular weight is 273 g/mol. The number of hydrogen-bond acceptors (Lipinski definition) is 3.